The van der Waals surface area contributed by atoms with Crippen LogP contribution in [0.4, 0.5) is 5.69 Å². The van der Waals surface area contributed by atoms with Gasteiger partial charge in [-0.3, -0.25) is 9.59 Å². The monoisotopic (exact) mass is 373 g/mol. The summed E-state index contributed by atoms with van der Waals surface area (Å²) < 4.78 is 5.20. The normalized spacial score (nSPS) is 13.0. The standard InChI is InChI=1S/C19H23N3O3S/c1-21(2)12-18(23)22-8-7-16-15(22)10-17(26-16)19(24)20-11-13-5-4-6-14(9-13)25-3/h4-6,9-10H,7-8,11-12H2,1-3H3,(H,20,24). The highest BCUT2D eigenvalue weighted by atomic mass is 32.1. The Morgan fingerprint density at radius 2 is 2.12 bits per heavy atom. The zero-order chi connectivity index (χ0) is 18.7. The van der Waals surface area contributed by atoms with Crippen LogP contribution in [0.5, 0.6) is 5.75 Å². The molecule has 138 valence electrons. The molecule has 2 aromatic rings. The third-order valence-electron chi connectivity index (χ3n) is 4.20. The number of methoxy groups -OCH3 is 1. The Bertz CT molecular complexity index is 816. The van der Waals surface area contributed by atoms with Crippen LogP contribution in [0.15, 0.2) is 30.3 Å². The predicted octanol–water partition coefficient (Wildman–Crippen LogP) is 2.14. The molecule has 3 rings (SSSR count). The van der Waals surface area contributed by atoms with Gasteiger partial charge in [-0.25, -0.2) is 0 Å². The third kappa shape index (κ3) is 4.05. The summed E-state index contributed by atoms with van der Waals surface area (Å²) in [6.07, 6.45) is 0.808. The van der Waals surface area contributed by atoms with Gasteiger partial charge in [-0.05, 0) is 37.9 Å². The van der Waals surface area contributed by atoms with E-state index in [0.717, 1.165) is 28.3 Å². The average molecular weight is 373 g/mol. The number of amides is 2. The minimum Gasteiger partial charge on any atom is -0.497 e. The molecule has 0 aliphatic carbocycles. The number of rotatable bonds is 6. The van der Waals surface area contributed by atoms with Crippen LogP contribution < -0.4 is 15.0 Å². The maximum Gasteiger partial charge on any atom is 0.261 e. The van der Waals surface area contributed by atoms with Crippen molar-refractivity contribution in [1.29, 1.82) is 0 Å². The second-order valence-corrected chi connectivity index (χ2v) is 7.62. The van der Waals surface area contributed by atoms with Crippen molar-refractivity contribution in [2.45, 2.75) is 13.0 Å². The summed E-state index contributed by atoms with van der Waals surface area (Å²) in [7, 11) is 5.37. The first-order valence-electron chi connectivity index (χ1n) is 8.47. The lowest BCUT2D eigenvalue weighted by Gasteiger charge is -2.18. The molecule has 0 fully saturated rings. The number of likely N-dealkylation sites (N-methyl/N-ethyl adjacent to an activating group) is 1. The van der Waals surface area contributed by atoms with Crippen molar-refractivity contribution in [2.24, 2.45) is 0 Å². The number of carbonyl (C=O) groups is 2. The van der Waals surface area contributed by atoms with Crippen molar-refractivity contribution in [1.82, 2.24) is 10.2 Å². The summed E-state index contributed by atoms with van der Waals surface area (Å²) in [6, 6.07) is 9.44. The molecule has 0 spiro atoms. The minimum absolute atomic E-state index is 0.0647. The van der Waals surface area contributed by atoms with Crippen LogP contribution in [0.25, 0.3) is 0 Å². The van der Waals surface area contributed by atoms with Gasteiger partial charge in [-0.15, -0.1) is 11.3 Å². The fourth-order valence-electron chi connectivity index (χ4n) is 2.94. The molecule has 2 amide bonds. The van der Waals surface area contributed by atoms with E-state index < -0.39 is 0 Å². The van der Waals surface area contributed by atoms with Crippen LogP contribution >= 0.6 is 11.3 Å². The highest BCUT2D eigenvalue weighted by molar-refractivity contribution is 7.14. The molecule has 0 atom stereocenters. The molecule has 0 radical (unpaired) electrons. The minimum atomic E-state index is -0.118. The van der Waals surface area contributed by atoms with Gasteiger partial charge in [-0.1, -0.05) is 12.1 Å². The molecule has 1 aliphatic rings. The lowest BCUT2D eigenvalue weighted by molar-refractivity contribution is -0.119. The molecular formula is C19H23N3O3S. The Balaban J connectivity index is 1.65. The zero-order valence-electron chi connectivity index (χ0n) is 15.2. The number of benzene rings is 1. The molecule has 0 unspecified atom stereocenters. The summed E-state index contributed by atoms with van der Waals surface area (Å²) in [6.45, 7) is 1.49. The van der Waals surface area contributed by atoms with E-state index in [-0.39, 0.29) is 11.8 Å². The van der Waals surface area contributed by atoms with Crippen LogP contribution in [0.3, 0.4) is 0 Å². The summed E-state index contributed by atoms with van der Waals surface area (Å²) >= 11 is 1.47. The number of nitrogens with zero attached hydrogens (tertiary/aromatic N) is 2. The molecule has 1 aromatic carbocycles. The Morgan fingerprint density at radius 1 is 1.31 bits per heavy atom. The number of thiophene rings is 1. The summed E-state index contributed by atoms with van der Waals surface area (Å²) in [5.41, 5.74) is 1.86. The summed E-state index contributed by atoms with van der Waals surface area (Å²) in [5, 5.41) is 2.94. The first kappa shape index (κ1) is 18.4. The van der Waals surface area contributed by atoms with E-state index in [4.69, 9.17) is 4.74 Å². The van der Waals surface area contributed by atoms with Crippen molar-refractivity contribution in [3.8, 4) is 5.75 Å². The second-order valence-electron chi connectivity index (χ2n) is 6.49. The van der Waals surface area contributed by atoms with Crippen molar-refractivity contribution in [3.63, 3.8) is 0 Å². The molecule has 1 aromatic heterocycles. The highest BCUT2D eigenvalue weighted by Crippen LogP contribution is 2.36. The molecule has 0 bridgehead atoms. The first-order valence-corrected chi connectivity index (χ1v) is 9.28. The third-order valence-corrected chi connectivity index (χ3v) is 5.39. The largest absolute Gasteiger partial charge is 0.497 e. The van der Waals surface area contributed by atoms with E-state index in [1.54, 1.807) is 12.0 Å². The number of fused-ring (bicyclic) bond motifs is 1. The van der Waals surface area contributed by atoms with E-state index in [0.29, 0.717) is 24.5 Å². The first-order chi connectivity index (χ1) is 12.5. The Kier molecular flexibility index (Phi) is 5.58. The average Bonchev–Trinajstić information content (AvgIpc) is 3.19. The molecule has 7 heteroatoms. The van der Waals surface area contributed by atoms with E-state index in [2.05, 4.69) is 5.32 Å². The van der Waals surface area contributed by atoms with Crippen LogP contribution in [0.2, 0.25) is 0 Å². The summed E-state index contributed by atoms with van der Waals surface area (Å²) in [4.78, 5) is 30.2. The second kappa shape index (κ2) is 7.88. The Labute approximate surface area is 157 Å². The van der Waals surface area contributed by atoms with Gasteiger partial charge >= 0.3 is 0 Å². The smallest absolute Gasteiger partial charge is 0.261 e. The molecule has 2 heterocycles. The number of carbonyl (C=O) groups excluding carboxylic acids is 2. The number of hydrogen-bond donors (Lipinski definition) is 1. The number of hydrogen-bond acceptors (Lipinski definition) is 5. The van der Waals surface area contributed by atoms with Crippen molar-refractivity contribution < 1.29 is 14.3 Å². The van der Waals surface area contributed by atoms with Gasteiger partial charge in [0.25, 0.3) is 5.91 Å². The molecule has 0 saturated carbocycles. The number of anilines is 1. The number of nitrogens with one attached hydrogen (secondary N) is 1. The van der Waals surface area contributed by atoms with Crippen LogP contribution in [-0.4, -0.2) is 51.0 Å². The highest BCUT2D eigenvalue weighted by Gasteiger charge is 2.28. The van der Waals surface area contributed by atoms with Crippen LogP contribution in [0, 0.1) is 0 Å². The van der Waals surface area contributed by atoms with Crippen molar-refractivity contribution in [3.05, 3.63) is 45.6 Å². The zero-order valence-corrected chi connectivity index (χ0v) is 16.1. The maximum absolute atomic E-state index is 12.5. The van der Waals surface area contributed by atoms with Crippen molar-refractivity contribution >= 4 is 28.8 Å². The molecule has 6 nitrogen and oxygen atoms in total. The van der Waals surface area contributed by atoms with Gasteiger partial charge in [0, 0.05) is 24.4 Å². The van der Waals surface area contributed by atoms with E-state index >= 15 is 0 Å². The van der Waals surface area contributed by atoms with Gasteiger partial charge in [0.1, 0.15) is 5.75 Å². The van der Waals surface area contributed by atoms with Crippen molar-refractivity contribution in [2.75, 3.05) is 39.2 Å². The van der Waals surface area contributed by atoms with Gasteiger partial charge in [0.15, 0.2) is 0 Å². The van der Waals surface area contributed by atoms with E-state index in [1.807, 2.05) is 49.3 Å². The molecule has 0 saturated heterocycles. The quantitative estimate of drug-likeness (QED) is 0.843. The van der Waals surface area contributed by atoms with E-state index in [1.165, 1.54) is 11.3 Å². The SMILES string of the molecule is COc1cccc(CNC(=O)c2cc3c(s2)CCN3C(=O)CN(C)C)c1. The van der Waals surface area contributed by atoms with Gasteiger partial charge < -0.3 is 19.9 Å². The number of ether oxygens (including phenoxy) is 1. The van der Waals surface area contributed by atoms with Crippen LogP contribution in [-0.2, 0) is 17.8 Å². The fraction of sp³-hybridized carbons (Fsp3) is 0.368. The predicted molar refractivity (Wildman–Crippen MR) is 103 cm³/mol. The molecule has 1 N–H and O–H groups in total. The lowest BCUT2D eigenvalue weighted by Crippen LogP contribution is -2.36. The van der Waals surface area contributed by atoms with Crippen LogP contribution in [0.1, 0.15) is 20.1 Å². The Hall–Kier alpha value is -2.38. The molecular weight excluding hydrogens is 350 g/mol. The maximum atomic E-state index is 12.5. The van der Waals surface area contributed by atoms with Gasteiger partial charge in [0.2, 0.25) is 5.91 Å². The van der Waals surface area contributed by atoms with Gasteiger partial charge in [-0.2, -0.15) is 0 Å². The fourth-order valence-corrected chi connectivity index (χ4v) is 4.01. The Morgan fingerprint density at radius 3 is 2.85 bits per heavy atom. The summed E-state index contributed by atoms with van der Waals surface area (Å²) in [5.74, 6) is 0.712. The molecule has 26 heavy (non-hydrogen) atoms. The van der Waals surface area contributed by atoms with E-state index in [9.17, 15) is 9.59 Å². The molecule has 1 aliphatic heterocycles. The van der Waals surface area contributed by atoms with Gasteiger partial charge in [0.05, 0.1) is 24.2 Å². The topological polar surface area (TPSA) is 61.9 Å². The lowest BCUT2D eigenvalue weighted by atomic mass is 10.2.